The minimum absolute atomic E-state index is 0.524. The second-order valence-corrected chi connectivity index (χ2v) is 3.98. The number of carbonyl (C=O) groups is 1. The van der Waals surface area contributed by atoms with Crippen LogP contribution in [0.25, 0.3) is 0 Å². The molecule has 13 heavy (non-hydrogen) atoms. The number of hydrogen-bond acceptors (Lipinski definition) is 4. The summed E-state index contributed by atoms with van der Waals surface area (Å²) < 4.78 is 5.10. The molecule has 1 saturated heterocycles. The molecule has 5 heteroatoms. The highest BCUT2D eigenvalue weighted by atomic mass is 32.2. The van der Waals surface area contributed by atoms with Gasteiger partial charge in [-0.3, -0.25) is 4.90 Å². The van der Waals surface area contributed by atoms with Crippen LogP contribution in [-0.4, -0.2) is 60.3 Å². The minimum atomic E-state index is -0.853. The molecule has 0 aromatic rings. The maximum Gasteiger partial charge on any atom is 0.334 e. The first kappa shape index (κ1) is 10.8. The number of hydrogen-bond donors (Lipinski definition) is 1. The van der Waals surface area contributed by atoms with Crippen LogP contribution in [0.4, 0.5) is 0 Å². The molecule has 1 aliphatic heterocycles. The summed E-state index contributed by atoms with van der Waals surface area (Å²) in [5, 5.41) is 8.72. The van der Waals surface area contributed by atoms with Crippen molar-refractivity contribution < 1.29 is 14.6 Å². The molecule has 0 aromatic carbocycles. The third-order valence-electron chi connectivity index (χ3n) is 2.04. The van der Waals surface area contributed by atoms with Gasteiger partial charge in [-0.1, -0.05) is 0 Å². The van der Waals surface area contributed by atoms with Gasteiger partial charge in [0.25, 0.3) is 0 Å². The van der Waals surface area contributed by atoms with Gasteiger partial charge in [0.2, 0.25) is 0 Å². The summed E-state index contributed by atoms with van der Waals surface area (Å²) in [6, 6.07) is 0. The molecular weight excluding hydrogens is 190 g/mol. The van der Waals surface area contributed by atoms with Crippen molar-refractivity contribution in [3.05, 3.63) is 0 Å². The summed E-state index contributed by atoms with van der Waals surface area (Å²) in [6.07, 6.45) is 1.42. The Morgan fingerprint density at radius 3 is 3.15 bits per heavy atom. The molecule has 1 rings (SSSR count). The van der Waals surface area contributed by atoms with Crippen molar-refractivity contribution in [2.75, 3.05) is 38.2 Å². The highest BCUT2D eigenvalue weighted by molar-refractivity contribution is 7.98. The predicted octanol–water partition coefficient (Wildman–Crippen LogP) is 0.135. The Bertz CT molecular complexity index is 177. The normalized spacial score (nSPS) is 24.5. The molecule has 1 heterocycles. The average Bonchev–Trinajstić information content (AvgIpc) is 2.15. The van der Waals surface area contributed by atoms with E-state index in [1.807, 2.05) is 0 Å². The van der Waals surface area contributed by atoms with E-state index in [4.69, 9.17) is 9.84 Å². The number of thioether (sulfide) groups is 1. The standard InChI is InChI=1S/C8H15NO3S/c1-13-5-3-9-2-4-12-7(6-9)8(10)11/h7H,2-6H2,1H3,(H,10,11). The van der Waals surface area contributed by atoms with E-state index in [0.717, 1.165) is 18.8 Å². The molecular formula is C8H15NO3S. The summed E-state index contributed by atoms with van der Waals surface area (Å²) in [5.74, 6) is 0.195. The van der Waals surface area contributed by atoms with Crippen LogP contribution in [-0.2, 0) is 9.53 Å². The van der Waals surface area contributed by atoms with Gasteiger partial charge in [-0.2, -0.15) is 11.8 Å². The van der Waals surface area contributed by atoms with Crippen LogP contribution >= 0.6 is 11.8 Å². The highest BCUT2D eigenvalue weighted by Crippen LogP contribution is 2.06. The highest BCUT2D eigenvalue weighted by Gasteiger charge is 2.25. The Hall–Kier alpha value is -0.260. The Balaban J connectivity index is 2.29. The van der Waals surface area contributed by atoms with E-state index in [0.29, 0.717) is 13.2 Å². The van der Waals surface area contributed by atoms with E-state index in [9.17, 15) is 4.79 Å². The van der Waals surface area contributed by atoms with Crippen LogP contribution in [0, 0.1) is 0 Å². The summed E-state index contributed by atoms with van der Waals surface area (Å²) >= 11 is 1.77. The minimum Gasteiger partial charge on any atom is -0.479 e. The molecule has 0 amide bonds. The molecule has 0 spiro atoms. The molecule has 1 fully saturated rings. The number of aliphatic carboxylic acids is 1. The van der Waals surface area contributed by atoms with E-state index in [2.05, 4.69) is 11.2 Å². The van der Waals surface area contributed by atoms with Crippen molar-refractivity contribution in [2.24, 2.45) is 0 Å². The smallest absolute Gasteiger partial charge is 0.334 e. The van der Waals surface area contributed by atoms with E-state index in [1.165, 1.54) is 0 Å². The Morgan fingerprint density at radius 1 is 1.77 bits per heavy atom. The van der Waals surface area contributed by atoms with Crippen molar-refractivity contribution >= 4 is 17.7 Å². The van der Waals surface area contributed by atoms with Crippen LogP contribution in [0.3, 0.4) is 0 Å². The Labute approximate surface area is 82.2 Å². The summed E-state index contributed by atoms with van der Waals surface area (Å²) in [5.41, 5.74) is 0. The van der Waals surface area contributed by atoms with Gasteiger partial charge >= 0.3 is 5.97 Å². The van der Waals surface area contributed by atoms with Gasteiger partial charge in [0.15, 0.2) is 6.10 Å². The zero-order chi connectivity index (χ0) is 9.68. The van der Waals surface area contributed by atoms with E-state index in [1.54, 1.807) is 11.8 Å². The molecule has 0 bridgehead atoms. The van der Waals surface area contributed by atoms with Gasteiger partial charge in [0.1, 0.15) is 0 Å². The lowest BCUT2D eigenvalue weighted by Gasteiger charge is -2.30. The van der Waals surface area contributed by atoms with Gasteiger partial charge in [-0.15, -0.1) is 0 Å². The number of rotatable bonds is 4. The third kappa shape index (κ3) is 3.54. The lowest BCUT2D eigenvalue weighted by Crippen LogP contribution is -2.46. The molecule has 76 valence electrons. The number of carboxylic acid groups (broad SMARTS) is 1. The Kier molecular flexibility index (Phi) is 4.55. The first-order valence-electron chi connectivity index (χ1n) is 4.29. The topological polar surface area (TPSA) is 49.8 Å². The summed E-state index contributed by atoms with van der Waals surface area (Å²) in [7, 11) is 0. The molecule has 0 aliphatic carbocycles. The van der Waals surface area contributed by atoms with Crippen LogP contribution < -0.4 is 0 Å². The number of nitrogens with zero attached hydrogens (tertiary/aromatic N) is 1. The fraction of sp³-hybridized carbons (Fsp3) is 0.875. The van der Waals surface area contributed by atoms with Crippen molar-refractivity contribution in [1.82, 2.24) is 4.90 Å². The molecule has 1 N–H and O–H groups in total. The Morgan fingerprint density at radius 2 is 2.54 bits per heavy atom. The van der Waals surface area contributed by atoms with E-state index < -0.39 is 12.1 Å². The quantitative estimate of drug-likeness (QED) is 0.707. The molecule has 1 aliphatic rings. The molecule has 0 aromatic heterocycles. The van der Waals surface area contributed by atoms with Gasteiger partial charge in [-0.25, -0.2) is 4.79 Å². The van der Waals surface area contributed by atoms with Gasteiger partial charge in [0, 0.05) is 25.4 Å². The second-order valence-electron chi connectivity index (χ2n) is 2.99. The predicted molar refractivity (Wildman–Crippen MR) is 52.2 cm³/mol. The fourth-order valence-electron chi connectivity index (χ4n) is 1.28. The summed E-state index contributed by atoms with van der Waals surface area (Å²) in [4.78, 5) is 12.8. The van der Waals surface area contributed by atoms with Gasteiger partial charge < -0.3 is 9.84 Å². The lowest BCUT2D eigenvalue weighted by atomic mass is 10.3. The summed E-state index contributed by atoms with van der Waals surface area (Å²) in [6.45, 7) is 2.86. The number of morpholine rings is 1. The fourth-order valence-corrected chi connectivity index (χ4v) is 1.72. The maximum atomic E-state index is 10.6. The maximum absolute atomic E-state index is 10.6. The van der Waals surface area contributed by atoms with Crippen LogP contribution in [0.1, 0.15) is 0 Å². The largest absolute Gasteiger partial charge is 0.479 e. The number of ether oxygens (including phenoxy) is 1. The van der Waals surface area contributed by atoms with Gasteiger partial charge in [-0.05, 0) is 6.26 Å². The molecule has 0 saturated carbocycles. The lowest BCUT2D eigenvalue weighted by molar-refractivity contribution is -0.155. The molecule has 0 radical (unpaired) electrons. The molecule has 1 atom stereocenters. The first-order chi connectivity index (χ1) is 6.24. The van der Waals surface area contributed by atoms with Crippen molar-refractivity contribution in [2.45, 2.75) is 6.10 Å². The van der Waals surface area contributed by atoms with Crippen molar-refractivity contribution in [3.8, 4) is 0 Å². The zero-order valence-electron chi connectivity index (χ0n) is 7.73. The van der Waals surface area contributed by atoms with Crippen LogP contribution in [0.2, 0.25) is 0 Å². The molecule has 4 nitrogen and oxygen atoms in total. The molecule has 1 unspecified atom stereocenters. The van der Waals surface area contributed by atoms with Crippen LogP contribution in [0.15, 0.2) is 0 Å². The first-order valence-corrected chi connectivity index (χ1v) is 5.69. The van der Waals surface area contributed by atoms with E-state index >= 15 is 0 Å². The monoisotopic (exact) mass is 205 g/mol. The average molecular weight is 205 g/mol. The third-order valence-corrected chi connectivity index (χ3v) is 2.63. The van der Waals surface area contributed by atoms with Crippen LogP contribution in [0.5, 0.6) is 0 Å². The zero-order valence-corrected chi connectivity index (χ0v) is 8.55. The van der Waals surface area contributed by atoms with Gasteiger partial charge in [0.05, 0.1) is 6.61 Å². The SMILES string of the molecule is CSCCN1CCOC(C(=O)O)C1. The van der Waals surface area contributed by atoms with Crippen molar-refractivity contribution in [1.29, 1.82) is 0 Å². The number of carboxylic acids is 1. The van der Waals surface area contributed by atoms with E-state index in [-0.39, 0.29) is 0 Å². The second kappa shape index (κ2) is 5.47. The van der Waals surface area contributed by atoms with Crippen molar-refractivity contribution in [3.63, 3.8) is 0 Å².